The van der Waals surface area contributed by atoms with Gasteiger partial charge in [0.25, 0.3) is 0 Å². The number of nitrogens with two attached hydrogens (primary N) is 1. The maximum Gasteiger partial charge on any atom is 0.0644 e. The molecule has 2 rings (SSSR count). The van der Waals surface area contributed by atoms with Crippen molar-refractivity contribution in [3.63, 3.8) is 0 Å². The van der Waals surface area contributed by atoms with Gasteiger partial charge in [0.2, 0.25) is 0 Å². The molecule has 0 spiro atoms. The molecule has 0 radical (unpaired) electrons. The third-order valence-electron chi connectivity index (χ3n) is 4.01. The van der Waals surface area contributed by atoms with Gasteiger partial charge in [-0.3, -0.25) is 9.88 Å². The molecule has 0 saturated carbocycles. The summed E-state index contributed by atoms with van der Waals surface area (Å²) >= 11 is 0. The number of pyridine rings is 1. The Morgan fingerprint density at radius 1 is 1.44 bits per heavy atom. The Labute approximate surface area is 110 Å². The molecule has 18 heavy (non-hydrogen) atoms. The van der Waals surface area contributed by atoms with Gasteiger partial charge in [0, 0.05) is 18.8 Å². The van der Waals surface area contributed by atoms with E-state index in [1.165, 1.54) is 25.9 Å². The summed E-state index contributed by atoms with van der Waals surface area (Å²) < 4.78 is 0. The van der Waals surface area contributed by atoms with Gasteiger partial charge in [-0.25, -0.2) is 0 Å². The lowest BCUT2D eigenvalue weighted by Gasteiger charge is -2.38. The minimum absolute atomic E-state index is 0.236. The third-order valence-corrected chi connectivity index (χ3v) is 4.01. The zero-order valence-electron chi connectivity index (χ0n) is 11.4. The van der Waals surface area contributed by atoms with Gasteiger partial charge in [-0.2, -0.15) is 0 Å². The van der Waals surface area contributed by atoms with Crippen LogP contribution in [-0.2, 0) is 0 Å². The summed E-state index contributed by atoms with van der Waals surface area (Å²) in [7, 11) is 4.37. The van der Waals surface area contributed by atoms with Crippen molar-refractivity contribution >= 4 is 0 Å². The Kier molecular flexibility index (Phi) is 4.69. The Bertz CT molecular complexity index is 346. The van der Waals surface area contributed by atoms with Crippen LogP contribution < -0.4 is 5.73 Å². The molecule has 1 aromatic rings. The summed E-state index contributed by atoms with van der Waals surface area (Å²) in [4.78, 5) is 9.25. The predicted molar refractivity (Wildman–Crippen MR) is 74.3 cm³/mol. The molecule has 1 unspecified atom stereocenters. The van der Waals surface area contributed by atoms with Crippen molar-refractivity contribution in [1.82, 2.24) is 14.8 Å². The maximum absolute atomic E-state index is 5.95. The van der Waals surface area contributed by atoms with Gasteiger partial charge >= 0.3 is 0 Å². The summed E-state index contributed by atoms with van der Waals surface area (Å²) in [5.74, 6) is 0. The lowest BCUT2D eigenvalue weighted by molar-refractivity contribution is 0.108. The second-order valence-electron chi connectivity index (χ2n) is 5.21. The second kappa shape index (κ2) is 6.27. The number of likely N-dealkylation sites (tertiary alicyclic amines) is 1. The number of hydrogen-bond donors (Lipinski definition) is 1. The highest BCUT2D eigenvalue weighted by Gasteiger charge is 2.26. The lowest BCUT2D eigenvalue weighted by Crippen LogP contribution is -2.45. The minimum Gasteiger partial charge on any atom is -0.329 e. The van der Waals surface area contributed by atoms with Gasteiger partial charge in [0.05, 0.1) is 11.7 Å². The van der Waals surface area contributed by atoms with E-state index in [9.17, 15) is 0 Å². The first-order valence-electron chi connectivity index (χ1n) is 6.74. The fourth-order valence-corrected chi connectivity index (χ4v) is 2.73. The largest absolute Gasteiger partial charge is 0.329 e. The van der Waals surface area contributed by atoms with Crippen LogP contribution in [0.4, 0.5) is 0 Å². The molecule has 0 amide bonds. The number of nitrogens with zero attached hydrogens (tertiary/aromatic N) is 3. The number of hydrogen-bond acceptors (Lipinski definition) is 4. The van der Waals surface area contributed by atoms with Crippen molar-refractivity contribution in [3.8, 4) is 0 Å². The zero-order valence-corrected chi connectivity index (χ0v) is 11.4. The fraction of sp³-hybridized carbons (Fsp3) is 0.643. The molecule has 0 aromatic carbocycles. The number of aromatic nitrogens is 1. The van der Waals surface area contributed by atoms with Crippen molar-refractivity contribution in [2.24, 2.45) is 5.73 Å². The predicted octanol–water partition coefficient (Wildman–Crippen LogP) is 1.11. The Balaban J connectivity index is 2.04. The second-order valence-corrected chi connectivity index (χ2v) is 5.21. The minimum atomic E-state index is 0.236. The first-order chi connectivity index (χ1) is 8.72. The normalized spacial score (nSPS) is 20.2. The summed E-state index contributed by atoms with van der Waals surface area (Å²) in [6.45, 7) is 2.98. The molecule has 0 aliphatic carbocycles. The summed E-state index contributed by atoms with van der Waals surface area (Å²) in [5.41, 5.74) is 7.03. The molecule has 1 saturated heterocycles. The summed E-state index contributed by atoms with van der Waals surface area (Å²) in [6, 6.07) is 6.92. The number of rotatable bonds is 4. The highest BCUT2D eigenvalue weighted by molar-refractivity contribution is 5.09. The van der Waals surface area contributed by atoms with Crippen molar-refractivity contribution in [3.05, 3.63) is 30.1 Å². The average Bonchev–Trinajstić information content (AvgIpc) is 2.41. The van der Waals surface area contributed by atoms with Crippen molar-refractivity contribution < 1.29 is 0 Å². The molecule has 1 aromatic heterocycles. The molecule has 100 valence electrons. The highest BCUT2D eigenvalue weighted by atomic mass is 15.2. The lowest BCUT2D eigenvalue weighted by atomic mass is 10.0. The van der Waals surface area contributed by atoms with E-state index in [0.717, 1.165) is 5.69 Å². The topological polar surface area (TPSA) is 45.4 Å². The molecule has 1 aliphatic rings. The fourth-order valence-electron chi connectivity index (χ4n) is 2.73. The molecule has 1 atom stereocenters. The van der Waals surface area contributed by atoms with E-state index >= 15 is 0 Å². The monoisotopic (exact) mass is 248 g/mol. The van der Waals surface area contributed by atoms with Crippen LogP contribution in [0.3, 0.4) is 0 Å². The van der Waals surface area contributed by atoms with E-state index in [2.05, 4.69) is 34.9 Å². The number of piperidine rings is 1. The van der Waals surface area contributed by atoms with Gasteiger partial charge in [-0.15, -0.1) is 0 Å². The number of likely N-dealkylation sites (N-methyl/N-ethyl adjacent to an activating group) is 1. The molecule has 4 heteroatoms. The van der Waals surface area contributed by atoms with Crippen molar-refractivity contribution in [2.75, 3.05) is 33.7 Å². The highest BCUT2D eigenvalue weighted by Crippen LogP contribution is 2.23. The Hall–Kier alpha value is -0.970. The van der Waals surface area contributed by atoms with Crippen LogP contribution in [0, 0.1) is 0 Å². The van der Waals surface area contributed by atoms with E-state index in [0.29, 0.717) is 12.6 Å². The molecular weight excluding hydrogens is 224 g/mol. The molecule has 4 nitrogen and oxygen atoms in total. The van der Waals surface area contributed by atoms with Crippen LogP contribution in [0.15, 0.2) is 24.4 Å². The standard InChI is InChI=1S/C14H24N4/c1-17-9-6-12(7-10-17)18(2)14(11-15)13-5-3-4-8-16-13/h3-5,8,12,14H,6-7,9-11,15H2,1-2H3. The summed E-state index contributed by atoms with van der Waals surface area (Å²) in [5, 5.41) is 0. The van der Waals surface area contributed by atoms with Crippen LogP contribution in [0.25, 0.3) is 0 Å². The van der Waals surface area contributed by atoms with Gasteiger partial charge < -0.3 is 10.6 Å². The van der Waals surface area contributed by atoms with Crippen molar-refractivity contribution in [1.29, 1.82) is 0 Å². The van der Waals surface area contributed by atoms with Crippen LogP contribution in [0.2, 0.25) is 0 Å². The van der Waals surface area contributed by atoms with Gasteiger partial charge in [0.15, 0.2) is 0 Å². The van der Waals surface area contributed by atoms with Crippen molar-refractivity contribution in [2.45, 2.75) is 24.9 Å². The molecule has 1 aliphatic heterocycles. The SMILES string of the molecule is CN1CCC(N(C)C(CN)c2ccccn2)CC1. The van der Waals surface area contributed by atoms with Crippen LogP contribution >= 0.6 is 0 Å². The molecule has 1 fully saturated rings. The van der Waals surface area contributed by atoms with Crippen LogP contribution in [0.5, 0.6) is 0 Å². The first-order valence-corrected chi connectivity index (χ1v) is 6.74. The quantitative estimate of drug-likeness (QED) is 0.867. The first kappa shape index (κ1) is 13.5. The van der Waals surface area contributed by atoms with E-state index < -0.39 is 0 Å². The van der Waals surface area contributed by atoms with Gasteiger partial charge in [-0.1, -0.05) is 6.07 Å². The van der Waals surface area contributed by atoms with E-state index in [1.54, 1.807) is 0 Å². The van der Waals surface area contributed by atoms with Gasteiger partial charge in [-0.05, 0) is 52.2 Å². The molecule has 2 heterocycles. The third kappa shape index (κ3) is 3.07. The van der Waals surface area contributed by atoms with Crippen LogP contribution in [0.1, 0.15) is 24.6 Å². The average molecular weight is 248 g/mol. The maximum atomic E-state index is 5.95. The molecule has 2 N–H and O–H groups in total. The van der Waals surface area contributed by atoms with Gasteiger partial charge in [0.1, 0.15) is 0 Å². The summed E-state index contributed by atoms with van der Waals surface area (Å²) in [6.07, 6.45) is 4.28. The molecular formula is C14H24N4. The Morgan fingerprint density at radius 3 is 2.72 bits per heavy atom. The smallest absolute Gasteiger partial charge is 0.0644 e. The Morgan fingerprint density at radius 2 is 2.17 bits per heavy atom. The van der Waals surface area contributed by atoms with E-state index in [-0.39, 0.29) is 6.04 Å². The van der Waals surface area contributed by atoms with E-state index in [1.807, 2.05) is 18.3 Å². The van der Waals surface area contributed by atoms with Crippen LogP contribution in [-0.4, -0.2) is 54.6 Å². The molecule has 0 bridgehead atoms. The van der Waals surface area contributed by atoms with E-state index in [4.69, 9.17) is 5.73 Å². The zero-order chi connectivity index (χ0) is 13.0.